The molecule has 2 aromatic heterocycles. The highest BCUT2D eigenvalue weighted by atomic mass is 127. The number of aryl methyl sites for hydroxylation is 1. The predicted molar refractivity (Wildman–Crippen MR) is 124 cm³/mol. The van der Waals surface area contributed by atoms with Crippen LogP contribution in [0.15, 0.2) is 18.7 Å². The van der Waals surface area contributed by atoms with Crippen molar-refractivity contribution in [3.63, 3.8) is 0 Å². The lowest BCUT2D eigenvalue weighted by atomic mass is 10.0. The van der Waals surface area contributed by atoms with Crippen LogP contribution in [0, 0.1) is 5.82 Å². The van der Waals surface area contributed by atoms with Crippen LogP contribution in [0.25, 0.3) is 28.1 Å². The van der Waals surface area contributed by atoms with Crippen LogP contribution < -0.4 is 10.1 Å². The first-order valence-electron chi connectivity index (χ1n) is 9.02. The van der Waals surface area contributed by atoms with E-state index in [-0.39, 0.29) is 24.9 Å². The summed E-state index contributed by atoms with van der Waals surface area (Å²) in [5.41, 5.74) is 3.19. The van der Waals surface area contributed by atoms with Gasteiger partial charge >= 0.3 is 0 Å². The molecule has 1 aromatic carbocycles. The molecule has 0 bridgehead atoms. The first kappa shape index (κ1) is 22.1. The average Bonchev–Trinajstić information content (AvgIpc) is 3.20. The third-order valence-electron chi connectivity index (χ3n) is 4.47. The Labute approximate surface area is 183 Å². The Morgan fingerprint density at radius 2 is 2.17 bits per heavy atom. The van der Waals surface area contributed by atoms with Crippen LogP contribution in [0.5, 0.6) is 5.88 Å². The fraction of sp³-hybridized carbons (Fsp3) is 0.368. The maximum absolute atomic E-state index is 15.2. The van der Waals surface area contributed by atoms with E-state index < -0.39 is 0 Å². The van der Waals surface area contributed by atoms with Crippen LogP contribution in [-0.4, -0.2) is 46.1 Å². The van der Waals surface area contributed by atoms with E-state index in [0.717, 1.165) is 5.56 Å². The van der Waals surface area contributed by atoms with E-state index in [1.165, 1.54) is 6.07 Å². The van der Waals surface area contributed by atoms with Crippen molar-refractivity contribution in [1.82, 2.24) is 24.6 Å². The molecule has 0 saturated heterocycles. The lowest BCUT2D eigenvalue weighted by Gasteiger charge is -2.16. The summed E-state index contributed by atoms with van der Waals surface area (Å²) in [4.78, 5) is 0. The first-order chi connectivity index (χ1) is 13.9. The molecule has 2 atom stereocenters. The number of fused-ring (bicyclic) bond motifs is 1. The van der Waals surface area contributed by atoms with Crippen molar-refractivity contribution >= 4 is 45.4 Å². The Morgan fingerprint density at radius 3 is 2.79 bits per heavy atom. The average molecular weight is 531 g/mol. The van der Waals surface area contributed by atoms with Gasteiger partial charge in [-0.05, 0) is 59.8 Å². The lowest BCUT2D eigenvalue weighted by Crippen LogP contribution is -2.27. The molecule has 0 saturated carbocycles. The highest BCUT2D eigenvalue weighted by Gasteiger charge is 2.24. The molecule has 0 aliphatic heterocycles. The summed E-state index contributed by atoms with van der Waals surface area (Å²) in [7, 11) is 5.28. The summed E-state index contributed by atoms with van der Waals surface area (Å²) >= 11 is 2.19. The largest absolute Gasteiger partial charge is 0.473 e. The smallest absolute Gasteiger partial charge is 0.220 e. The first-order valence-corrected chi connectivity index (χ1v) is 13.1. The summed E-state index contributed by atoms with van der Waals surface area (Å²) in [6, 6.07) is 3.43. The number of hydrogen-bond donors (Lipinski definition) is 1. The SMILES string of the molecule is C=Cc1nn(PI)c2c(F)cc(-c3c(COC)nn(C)c3OC(C)CNC)cc12. The summed E-state index contributed by atoms with van der Waals surface area (Å²) < 4.78 is 30.0. The molecule has 2 heterocycles. The van der Waals surface area contributed by atoms with Gasteiger partial charge in [-0.2, -0.15) is 10.2 Å². The zero-order valence-corrected chi connectivity index (χ0v) is 19.9. The minimum Gasteiger partial charge on any atom is -0.473 e. The van der Waals surface area contributed by atoms with Crippen molar-refractivity contribution in [2.45, 2.75) is 19.6 Å². The molecule has 3 rings (SSSR count). The number of hydrogen-bond acceptors (Lipinski definition) is 5. The summed E-state index contributed by atoms with van der Waals surface area (Å²) in [5, 5.41) is 12.8. The number of aromatic nitrogens is 4. The molecule has 0 radical (unpaired) electrons. The molecule has 0 spiro atoms. The van der Waals surface area contributed by atoms with Crippen LogP contribution in [0.1, 0.15) is 18.3 Å². The zero-order chi connectivity index (χ0) is 21.1. The van der Waals surface area contributed by atoms with E-state index in [0.29, 0.717) is 40.3 Å². The van der Waals surface area contributed by atoms with E-state index in [9.17, 15) is 0 Å². The van der Waals surface area contributed by atoms with Crippen molar-refractivity contribution in [3.8, 4) is 17.0 Å². The van der Waals surface area contributed by atoms with E-state index in [2.05, 4.69) is 44.1 Å². The van der Waals surface area contributed by atoms with Crippen LogP contribution in [0.2, 0.25) is 0 Å². The van der Waals surface area contributed by atoms with Gasteiger partial charge in [-0.3, -0.25) is 0 Å². The Balaban J connectivity index is 2.23. The van der Waals surface area contributed by atoms with Crippen LogP contribution in [-0.2, 0) is 18.4 Å². The second-order valence-electron chi connectivity index (χ2n) is 6.61. The van der Waals surface area contributed by atoms with Gasteiger partial charge in [-0.1, -0.05) is 6.58 Å². The van der Waals surface area contributed by atoms with Gasteiger partial charge in [-0.15, -0.1) is 0 Å². The zero-order valence-electron chi connectivity index (χ0n) is 16.8. The fourth-order valence-electron chi connectivity index (χ4n) is 3.32. The molecule has 7 nitrogen and oxygen atoms in total. The number of nitrogens with zero attached hydrogens (tertiary/aromatic N) is 4. The normalized spacial score (nSPS) is 12.9. The van der Waals surface area contributed by atoms with Crippen LogP contribution >= 0.6 is 28.4 Å². The summed E-state index contributed by atoms with van der Waals surface area (Å²) in [5.74, 6) is 0.227. The molecule has 156 valence electrons. The molecule has 3 aromatic rings. The number of rotatable bonds is 9. The van der Waals surface area contributed by atoms with E-state index in [4.69, 9.17) is 9.47 Å². The highest BCUT2D eigenvalue weighted by molar-refractivity contribution is 14.2. The quantitative estimate of drug-likeness (QED) is 0.332. The number of methoxy groups -OCH3 is 1. The standard InChI is InChI=1S/C19H24FIN5O2P/c1-6-15-13-7-12(8-14(20)18(13)26(24-15)29-21)17-16(10-27-5)23-25(4)19(17)28-11(2)9-22-3/h6-8,11,22,29H,1,9-10H2,2-5H3. The molecular formula is C19H24FIN5O2P. The molecule has 10 heteroatoms. The van der Waals surface area contributed by atoms with Crippen LogP contribution in [0.3, 0.4) is 0 Å². The minimum atomic E-state index is -0.344. The molecule has 1 N–H and O–H groups in total. The van der Waals surface area contributed by atoms with Gasteiger partial charge in [-0.25, -0.2) is 13.5 Å². The second-order valence-corrected chi connectivity index (χ2v) is 8.65. The molecule has 29 heavy (non-hydrogen) atoms. The van der Waals surface area contributed by atoms with Gasteiger partial charge in [0.25, 0.3) is 0 Å². The van der Waals surface area contributed by atoms with Gasteiger partial charge in [0.2, 0.25) is 5.88 Å². The molecule has 0 aliphatic carbocycles. The van der Waals surface area contributed by atoms with E-state index in [1.807, 2.05) is 27.1 Å². The van der Waals surface area contributed by atoms with Gasteiger partial charge in [0.05, 0.1) is 29.9 Å². The summed E-state index contributed by atoms with van der Waals surface area (Å²) in [6.07, 6.45) is 1.83. The van der Waals surface area contributed by atoms with Crippen molar-refractivity contribution in [3.05, 3.63) is 35.9 Å². The fourth-order valence-corrected chi connectivity index (χ4v) is 4.83. The maximum atomic E-state index is 15.2. The Kier molecular flexibility index (Phi) is 7.26. The Bertz CT molecular complexity index is 1040. The topological polar surface area (TPSA) is 66.1 Å². The third-order valence-corrected chi connectivity index (χ3v) is 6.33. The molecule has 0 aliphatic rings. The van der Waals surface area contributed by atoms with Crippen molar-refractivity contribution in [2.24, 2.45) is 7.05 Å². The lowest BCUT2D eigenvalue weighted by molar-refractivity contribution is 0.181. The molecule has 0 amide bonds. The van der Waals surface area contributed by atoms with Gasteiger partial charge in [0, 0.05) is 26.1 Å². The van der Waals surface area contributed by atoms with Crippen LogP contribution in [0.4, 0.5) is 4.39 Å². The van der Waals surface area contributed by atoms with E-state index >= 15 is 4.39 Å². The van der Waals surface area contributed by atoms with Gasteiger partial charge in [0.1, 0.15) is 17.4 Å². The maximum Gasteiger partial charge on any atom is 0.220 e. The summed E-state index contributed by atoms with van der Waals surface area (Å²) in [6.45, 7) is 6.75. The van der Waals surface area contributed by atoms with E-state index in [1.54, 1.807) is 22.3 Å². The Hall–Kier alpha value is -1.55. The second kappa shape index (κ2) is 9.51. The third kappa shape index (κ3) is 4.33. The molecular weight excluding hydrogens is 507 g/mol. The Morgan fingerprint density at radius 1 is 1.41 bits per heavy atom. The van der Waals surface area contributed by atoms with Gasteiger partial charge < -0.3 is 14.8 Å². The minimum absolute atomic E-state index is 0.0928. The van der Waals surface area contributed by atoms with Crippen molar-refractivity contribution in [1.29, 1.82) is 0 Å². The van der Waals surface area contributed by atoms with Gasteiger partial charge in [0.15, 0.2) is 0 Å². The number of nitrogens with one attached hydrogen (secondary N) is 1. The number of likely N-dealkylation sites (N-methyl/N-ethyl adjacent to an activating group) is 1. The highest BCUT2D eigenvalue weighted by Crippen LogP contribution is 2.39. The molecule has 2 unspecified atom stereocenters. The monoisotopic (exact) mass is 531 g/mol. The number of benzene rings is 1. The van der Waals surface area contributed by atoms with Crippen molar-refractivity contribution in [2.75, 3.05) is 20.7 Å². The predicted octanol–water partition coefficient (Wildman–Crippen LogP) is 4.14. The van der Waals surface area contributed by atoms with Crippen molar-refractivity contribution < 1.29 is 13.9 Å². The molecule has 0 fully saturated rings. The number of halogens is 2. The number of ether oxygens (including phenoxy) is 2.